The van der Waals surface area contributed by atoms with Gasteiger partial charge in [0.1, 0.15) is 30.2 Å². The van der Waals surface area contributed by atoms with E-state index < -0.39 is 89.9 Å². The lowest BCUT2D eigenvalue weighted by Crippen LogP contribution is -2.64. The number of hydrogen-bond acceptors (Lipinski definition) is 12. The zero-order valence-corrected chi connectivity index (χ0v) is 37.6. The molecule has 0 spiro atoms. The summed E-state index contributed by atoms with van der Waals surface area (Å²) in [7, 11) is 4.45. The van der Waals surface area contributed by atoms with Crippen LogP contribution >= 0.6 is 0 Å². The lowest BCUT2D eigenvalue weighted by molar-refractivity contribution is -0.302. The summed E-state index contributed by atoms with van der Waals surface area (Å²) in [6, 6.07) is -1.37. The average molecular weight is 863 g/mol. The van der Waals surface area contributed by atoms with Crippen molar-refractivity contribution in [2.45, 2.75) is 166 Å². The van der Waals surface area contributed by atoms with Crippen molar-refractivity contribution >= 4 is 29.4 Å². The summed E-state index contributed by atoms with van der Waals surface area (Å²) >= 11 is 0. The summed E-state index contributed by atoms with van der Waals surface area (Å²) in [5, 5.41) is 26.7. The smallest absolute Gasteiger partial charge is 0.329 e. The maximum Gasteiger partial charge on any atom is 0.329 e. The number of Topliss-reactive ketones (excluding diaryl/α,β-unsaturated/α-hetero) is 2. The highest BCUT2D eigenvalue weighted by Gasteiger charge is 2.57. The average Bonchev–Trinajstić information content (AvgIpc) is 3.23. The predicted octanol–water partition coefficient (Wildman–Crippen LogP) is 4.73. The topological polar surface area (TPSA) is 187 Å². The molecule has 3 aliphatic heterocycles. The third kappa shape index (κ3) is 12.0. The number of esters is 1. The van der Waals surface area contributed by atoms with Crippen LogP contribution in [0.5, 0.6) is 0 Å². The first-order chi connectivity index (χ1) is 28.8. The maximum atomic E-state index is 16.3. The van der Waals surface area contributed by atoms with Crippen LogP contribution in [0.1, 0.15) is 106 Å². The molecule has 4 aliphatic rings. The molecule has 3 heterocycles. The van der Waals surface area contributed by atoms with Crippen LogP contribution in [0.25, 0.3) is 0 Å². The molecule has 0 radical (unpaired) electrons. The van der Waals surface area contributed by atoms with E-state index >= 15 is 4.39 Å². The molecule has 344 valence electrons. The Kier molecular flexibility index (Phi) is 18.4. The summed E-state index contributed by atoms with van der Waals surface area (Å²) in [5.41, 5.74) is 0.894. The van der Waals surface area contributed by atoms with Crippen LogP contribution in [0.2, 0.25) is 0 Å². The van der Waals surface area contributed by atoms with Gasteiger partial charge < -0.3 is 44.1 Å². The number of fused-ring (bicyclic) bond motifs is 3. The fourth-order valence-electron chi connectivity index (χ4n) is 9.78. The van der Waals surface area contributed by atoms with Crippen molar-refractivity contribution in [1.29, 1.82) is 0 Å². The Labute approximate surface area is 361 Å². The lowest BCUT2D eigenvalue weighted by Gasteiger charge is -2.47. The highest BCUT2D eigenvalue weighted by atomic mass is 19.1. The first-order valence-electron chi connectivity index (χ1n) is 21.9. The second-order valence-electron chi connectivity index (χ2n) is 18.0. The number of aliphatic hydroxyl groups is 2. The molecule has 1 aliphatic carbocycles. The van der Waals surface area contributed by atoms with Crippen molar-refractivity contribution < 1.29 is 62.3 Å². The van der Waals surface area contributed by atoms with Crippen molar-refractivity contribution in [1.82, 2.24) is 10.2 Å². The third-order valence-electron chi connectivity index (χ3n) is 13.5. The standard InChI is InChI=1S/C46H71FN2O12/c1-11-14-32-20-25(2)40(47)26(3)21-38(58-9)42-39(59-10)22-28(5)46(56,61-42)43(53)44(54)49-18-13-12-15-34(49)45(55)60-41(29(6)35(51)24-36(32)52)27(4)19-31-16-17-33(48-30(7)50)37(23-31)57-8/h11,19-20,26,28-29,31-35,37-42,51,56H,1,12-18,21-24H2,2-10H3,(H,48,50)/b25-20+,27-19?. The number of alkyl halides is 1. The van der Waals surface area contributed by atoms with Gasteiger partial charge in [-0.15, -0.1) is 6.58 Å². The summed E-state index contributed by atoms with van der Waals surface area (Å²) < 4.78 is 46.1. The largest absolute Gasteiger partial charge is 0.456 e. The summed E-state index contributed by atoms with van der Waals surface area (Å²) in [6.07, 6.45) is 1.40. The molecule has 2 amide bonds. The van der Waals surface area contributed by atoms with Crippen molar-refractivity contribution in [3.8, 4) is 0 Å². The van der Waals surface area contributed by atoms with Gasteiger partial charge in [-0.2, -0.15) is 0 Å². The van der Waals surface area contributed by atoms with Crippen LogP contribution in [-0.2, 0) is 47.7 Å². The molecule has 15 atom stereocenters. The van der Waals surface area contributed by atoms with Gasteiger partial charge in [0.25, 0.3) is 11.7 Å². The zero-order chi connectivity index (χ0) is 45.3. The number of rotatable bonds is 8. The molecule has 0 aromatic rings. The predicted molar refractivity (Wildman–Crippen MR) is 224 cm³/mol. The number of ketones is 2. The van der Waals surface area contributed by atoms with Gasteiger partial charge >= 0.3 is 5.97 Å². The van der Waals surface area contributed by atoms with Gasteiger partial charge in [-0.25, -0.2) is 9.18 Å². The number of carbonyl (C=O) groups is 5. The van der Waals surface area contributed by atoms with E-state index in [1.54, 1.807) is 53.9 Å². The number of aliphatic hydroxyl groups excluding tert-OH is 1. The molecule has 0 aromatic heterocycles. The second-order valence-corrected chi connectivity index (χ2v) is 18.0. The Morgan fingerprint density at radius 1 is 1.00 bits per heavy atom. The SMILES string of the molecule is C=CCC1/C=C(\C)C(F)C(C)CC(OC)C2OC(O)(C(=O)C(=O)N3CCCCC3C(=O)OC(C(C)=CC3CCC(NC(C)=O)C(OC)C3)C(C)C(O)CC1=O)C(C)CC2OC. The fraction of sp³-hybridized carbons (Fsp3) is 0.761. The van der Waals surface area contributed by atoms with Gasteiger partial charge in [-0.05, 0) is 94.6 Å². The van der Waals surface area contributed by atoms with Crippen LogP contribution in [0.3, 0.4) is 0 Å². The Morgan fingerprint density at radius 3 is 2.28 bits per heavy atom. The number of hydrogen-bond donors (Lipinski definition) is 3. The molecule has 3 fully saturated rings. The quantitative estimate of drug-likeness (QED) is 0.173. The van der Waals surface area contributed by atoms with E-state index in [1.165, 1.54) is 21.1 Å². The minimum absolute atomic E-state index is 0.0359. The minimum atomic E-state index is -2.62. The van der Waals surface area contributed by atoms with Crippen molar-refractivity contribution in [2.75, 3.05) is 27.9 Å². The summed E-state index contributed by atoms with van der Waals surface area (Å²) in [4.78, 5) is 69.9. The number of carbonyl (C=O) groups excluding carboxylic acids is 5. The first kappa shape index (κ1) is 50.3. The van der Waals surface area contributed by atoms with Gasteiger partial charge in [-0.3, -0.25) is 19.2 Å². The molecule has 2 saturated heterocycles. The molecule has 15 unspecified atom stereocenters. The highest BCUT2D eigenvalue weighted by molar-refractivity contribution is 6.39. The molecule has 1 saturated carbocycles. The van der Waals surface area contributed by atoms with Crippen LogP contribution in [0.4, 0.5) is 4.39 Å². The van der Waals surface area contributed by atoms with E-state index in [0.717, 1.165) is 4.90 Å². The third-order valence-corrected chi connectivity index (χ3v) is 13.5. The van der Waals surface area contributed by atoms with Gasteiger partial charge in [0, 0.05) is 59.0 Å². The van der Waals surface area contributed by atoms with Gasteiger partial charge in [0.2, 0.25) is 11.7 Å². The number of amides is 2. The fourth-order valence-corrected chi connectivity index (χ4v) is 9.78. The van der Waals surface area contributed by atoms with E-state index in [-0.39, 0.29) is 68.4 Å². The molecule has 15 heteroatoms. The first-order valence-corrected chi connectivity index (χ1v) is 21.9. The summed E-state index contributed by atoms with van der Waals surface area (Å²) in [6.45, 7) is 13.6. The molecule has 3 N–H and O–H groups in total. The normalized spacial score (nSPS) is 40.2. The molecular formula is C46H71FN2O12. The van der Waals surface area contributed by atoms with Crippen molar-refractivity contribution in [3.05, 3.63) is 36.0 Å². The number of ether oxygens (including phenoxy) is 5. The molecule has 2 bridgehead atoms. The minimum Gasteiger partial charge on any atom is -0.456 e. The van der Waals surface area contributed by atoms with Crippen LogP contribution in [0, 0.1) is 29.6 Å². The number of methoxy groups -OCH3 is 3. The van der Waals surface area contributed by atoms with E-state index in [4.69, 9.17) is 23.7 Å². The van der Waals surface area contributed by atoms with E-state index in [9.17, 15) is 34.2 Å². The number of allylic oxidation sites excluding steroid dienone is 4. The monoisotopic (exact) mass is 862 g/mol. The number of halogens is 1. The lowest BCUT2D eigenvalue weighted by atomic mass is 9.80. The number of nitrogens with zero attached hydrogens (tertiary/aromatic N) is 1. The molecule has 4 rings (SSSR count). The van der Waals surface area contributed by atoms with Gasteiger partial charge in [-0.1, -0.05) is 39.0 Å². The van der Waals surface area contributed by atoms with Crippen LogP contribution < -0.4 is 5.32 Å². The van der Waals surface area contributed by atoms with E-state index in [0.29, 0.717) is 43.3 Å². The Morgan fingerprint density at radius 2 is 1.66 bits per heavy atom. The van der Waals surface area contributed by atoms with Crippen LogP contribution in [0.15, 0.2) is 36.0 Å². The Bertz CT molecular complexity index is 1640. The van der Waals surface area contributed by atoms with Crippen LogP contribution in [-0.4, -0.2) is 133 Å². The number of nitrogens with one attached hydrogen (secondary N) is 1. The summed E-state index contributed by atoms with van der Waals surface area (Å²) in [5.74, 6) is -9.58. The highest BCUT2D eigenvalue weighted by Crippen LogP contribution is 2.39. The maximum absolute atomic E-state index is 16.3. The molecule has 14 nitrogen and oxygen atoms in total. The zero-order valence-electron chi connectivity index (χ0n) is 37.6. The molecular weight excluding hydrogens is 792 g/mol. The van der Waals surface area contributed by atoms with Gasteiger partial charge in [0.05, 0.1) is 30.5 Å². The van der Waals surface area contributed by atoms with E-state index in [1.807, 2.05) is 6.08 Å². The Hall–Kier alpha value is -3.34. The van der Waals surface area contributed by atoms with Crippen molar-refractivity contribution in [2.24, 2.45) is 29.6 Å². The second kappa shape index (κ2) is 22.3. The van der Waals surface area contributed by atoms with Crippen molar-refractivity contribution in [3.63, 3.8) is 0 Å². The molecule has 61 heavy (non-hydrogen) atoms. The Balaban J connectivity index is 1.79. The number of cyclic esters (lactones) is 1. The number of piperidine rings is 1. The molecule has 0 aromatic carbocycles. The van der Waals surface area contributed by atoms with E-state index in [2.05, 4.69) is 11.9 Å². The van der Waals surface area contributed by atoms with Gasteiger partial charge in [0.15, 0.2) is 0 Å².